The molecule has 0 saturated carbocycles. The van der Waals surface area contributed by atoms with Gasteiger partial charge in [0.2, 0.25) is 0 Å². The summed E-state index contributed by atoms with van der Waals surface area (Å²) in [6.07, 6.45) is 1.65. The number of ether oxygens (including phenoxy) is 1. The number of aromatic carboxylic acids is 1. The molecule has 42 heavy (non-hydrogen) atoms. The smallest absolute Gasteiger partial charge is 0.335 e. The van der Waals surface area contributed by atoms with Gasteiger partial charge in [-0.2, -0.15) is 0 Å². The monoisotopic (exact) mass is 585 g/mol. The van der Waals surface area contributed by atoms with Crippen LogP contribution >= 0.6 is 11.3 Å². The first-order valence-electron chi connectivity index (χ1n) is 13.6. The number of hydrogen-bond donors (Lipinski definition) is 1. The van der Waals surface area contributed by atoms with Crippen molar-refractivity contribution < 1.29 is 23.8 Å². The second-order valence-electron chi connectivity index (χ2n) is 9.79. The van der Waals surface area contributed by atoms with Crippen LogP contribution in [0.25, 0.3) is 17.4 Å². The van der Waals surface area contributed by atoms with Crippen molar-refractivity contribution in [2.75, 3.05) is 20.2 Å². The largest absolute Gasteiger partial charge is 0.496 e. The number of methoxy groups -OCH3 is 1. The Kier molecular flexibility index (Phi) is 8.00. The maximum atomic E-state index is 14.0. The number of carbonyl (C=O) groups is 2. The predicted molar refractivity (Wildman–Crippen MR) is 161 cm³/mol. The van der Waals surface area contributed by atoms with Crippen molar-refractivity contribution in [2.45, 2.75) is 33.7 Å². The van der Waals surface area contributed by atoms with Gasteiger partial charge in [0.1, 0.15) is 23.3 Å². The van der Waals surface area contributed by atoms with Crippen molar-refractivity contribution in [1.82, 2.24) is 9.47 Å². The van der Waals surface area contributed by atoms with Crippen LogP contribution in [0.5, 0.6) is 5.75 Å². The lowest BCUT2D eigenvalue weighted by atomic mass is 9.94. The zero-order chi connectivity index (χ0) is 30.1. The zero-order valence-corrected chi connectivity index (χ0v) is 24.8. The minimum absolute atomic E-state index is 0.180. The summed E-state index contributed by atoms with van der Waals surface area (Å²) in [7, 11) is 1.56. The summed E-state index contributed by atoms with van der Waals surface area (Å²) in [6, 6.07) is 15.1. The number of benzene rings is 2. The van der Waals surface area contributed by atoms with Crippen molar-refractivity contribution in [3.05, 3.63) is 108 Å². The van der Waals surface area contributed by atoms with E-state index in [1.165, 1.54) is 11.3 Å². The fraction of sp³-hybridized carbons (Fsp3) is 0.250. The lowest BCUT2D eigenvalue weighted by molar-refractivity contribution is -0.127. The van der Waals surface area contributed by atoms with Gasteiger partial charge >= 0.3 is 5.97 Å². The van der Waals surface area contributed by atoms with Gasteiger partial charge in [-0.25, -0.2) is 9.79 Å². The molecule has 2 aromatic carbocycles. The summed E-state index contributed by atoms with van der Waals surface area (Å²) in [5.41, 5.74) is 2.78. The first-order valence-corrected chi connectivity index (χ1v) is 14.4. The number of aromatic nitrogens is 1. The Labute approximate surface area is 246 Å². The van der Waals surface area contributed by atoms with Gasteiger partial charge in [-0.3, -0.25) is 14.2 Å². The van der Waals surface area contributed by atoms with Gasteiger partial charge in [-0.15, -0.1) is 0 Å². The Morgan fingerprint density at radius 2 is 1.83 bits per heavy atom. The quantitative estimate of drug-likeness (QED) is 0.328. The molecule has 1 aliphatic rings. The van der Waals surface area contributed by atoms with Crippen molar-refractivity contribution >= 4 is 29.3 Å². The molecule has 0 unspecified atom stereocenters. The molecule has 10 heteroatoms. The Hall–Kier alpha value is -4.70. The van der Waals surface area contributed by atoms with Crippen LogP contribution in [0.2, 0.25) is 0 Å². The molecule has 0 bridgehead atoms. The number of hydrogen-bond acceptors (Lipinski definition) is 7. The second kappa shape index (κ2) is 11.7. The normalized spacial score (nSPS) is 14.9. The van der Waals surface area contributed by atoms with Crippen LogP contribution < -0.4 is 19.6 Å². The molecule has 1 amide bonds. The number of para-hydroxylation sites is 1. The highest BCUT2D eigenvalue weighted by Crippen LogP contribution is 2.36. The highest BCUT2D eigenvalue weighted by atomic mass is 32.1. The molecule has 0 saturated heterocycles. The van der Waals surface area contributed by atoms with Crippen molar-refractivity contribution in [2.24, 2.45) is 4.99 Å². The van der Waals surface area contributed by atoms with Gasteiger partial charge < -0.3 is 19.2 Å². The Bertz CT molecular complexity index is 1910. The SMILES string of the molecule is CCN(CC)C(=O)C1=C(C)N=c2s/c(=C/c3ccc(-c4cccc(C(=O)O)c4C)o3)c(=O)n2[C@H]1c1ccccc1OC. The van der Waals surface area contributed by atoms with E-state index in [1.54, 1.807) is 66.8 Å². The van der Waals surface area contributed by atoms with E-state index >= 15 is 0 Å². The molecule has 1 aliphatic heterocycles. The summed E-state index contributed by atoms with van der Waals surface area (Å²) in [5, 5.41) is 9.50. The van der Waals surface area contributed by atoms with Gasteiger partial charge in [0.15, 0.2) is 4.80 Å². The topological polar surface area (TPSA) is 114 Å². The standard InChI is InChI=1S/C32H31N3O6S/c1-6-34(7-2)30(37)27-19(4)33-32-35(28(27)23-11-8-9-14-24(23)40-5)29(36)26(42-32)17-20-15-16-25(41-20)21-12-10-13-22(18(21)3)31(38)39/h8-17,28H,6-7H2,1-5H3,(H,38,39)/b26-17+/t28-/m0/s1. The number of amides is 1. The Morgan fingerprint density at radius 3 is 2.52 bits per heavy atom. The van der Waals surface area contributed by atoms with Gasteiger partial charge in [-0.05, 0) is 57.5 Å². The molecule has 0 fully saturated rings. The number of thiazole rings is 1. The van der Waals surface area contributed by atoms with Gasteiger partial charge in [0, 0.05) is 30.3 Å². The number of nitrogens with zero attached hydrogens (tertiary/aromatic N) is 3. The lowest BCUT2D eigenvalue weighted by Crippen LogP contribution is -2.43. The fourth-order valence-electron chi connectivity index (χ4n) is 5.30. The van der Waals surface area contributed by atoms with Crippen LogP contribution in [-0.2, 0) is 4.79 Å². The molecule has 3 heterocycles. The third-order valence-electron chi connectivity index (χ3n) is 7.47. The van der Waals surface area contributed by atoms with Crippen LogP contribution in [-0.4, -0.2) is 46.6 Å². The lowest BCUT2D eigenvalue weighted by Gasteiger charge is -2.29. The summed E-state index contributed by atoms with van der Waals surface area (Å²) in [4.78, 5) is 46.3. The first kappa shape index (κ1) is 28.8. The minimum atomic E-state index is -1.01. The average Bonchev–Trinajstić information content (AvgIpc) is 3.56. The molecule has 2 aromatic heterocycles. The van der Waals surface area contributed by atoms with Crippen LogP contribution in [0.1, 0.15) is 54.1 Å². The van der Waals surface area contributed by atoms with E-state index < -0.39 is 12.0 Å². The number of fused-ring (bicyclic) bond motifs is 1. The number of furan rings is 1. The molecule has 4 aromatic rings. The maximum Gasteiger partial charge on any atom is 0.335 e. The van der Waals surface area contributed by atoms with E-state index in [1.807, 2.05) is 38.1 Å². The second-order valence-corrected chi connectivity index (χ2v) is 10.8. The predicted octanol–water partition coefficient (Wildman–Crippen LogP) is 4.38. The van der Waals surface area contributed by atoms with Gasteiger partial charge in [0.05, 0.1) is 28.5 Å². The summed E-state index contributed by atoms with van der Waals surface area (Å²) in [6.45, 7) is 8.40. The van der Waals surface area contributed by atoms with Crippen LogP contribution in [0.15, 0.2) is 80.1 Å². The molecule has 0 spiro atoms. The van der Waals surface area contributed by atoms with E-state index in [0.29, 0.717) is 67.7 Å². The van der Waals surface area contributed by atoms with Crippen LogP contribution in [0.3, 0.4) is 0 Å². The first-order chi connectivity index (χ1) is 20.2. The molecular formula is C32H31N3O6S. The van der Waals surface area contributed by atoms with Crippen molar-refractivity contribution in [3.8, 4) is 17.1 Å². The third kappa shape index (κ3) is 4.98. The molecule has 5 rings (SSSR count). The molecular weight excluding hydrogens is 554 g/mol. The van der Waals surface area contributed by atoms with Crippen molar-refractivity contribution in [1.29, 1.82) is 0 Å². The minimum Gasteiger partial charge on any atom is -0.496 e. The molecule has 1 N–H and O–H groups in total. The van der Waals surface area contributed by atoms with E-state index in [4.69, 9.17) is 14.1 Å². The number of carbonyl (C=O) groups excluding carboxylic acids is 1. The molecule has 9 nitrogen and oxygen atoms in total. The molecule has 216 valence electrons. The molecule has 0 aliphatic carbocycles. The Morgan fingerprint density at radius 1 is 1.10 bits per heavy atom. The number of rotatable bonds is 8. The summed E-state index contributed by atoms with van der Waals surface area (Å²) >= 11 is 1.21. The summed E-state index contributed by atoms with van der Waals surface area (Å²) < 4.78 is 13.7. The van der Waals surface area contributed by atoms with Crippen LogP contribution in [0.4, 0.5) is 0 Å². The third-order valence-corrected chi connectivity index (χ3v) is 8.45. The Balaban J connectivity index is 1.66. The van der Waals surface area contributed by atoms with Gasteiger partial charge in [-0.1, -0.05) is 41.7 Å². The van der Waals surface area contributed by atoms with E-state index in [9.17, 15) is 19.5 Å². The zero-order valence-electron chi connectivity index (χ0n) is 24.0. The number of likely N-dealkylation sites (N-methyl/N-ethyl adjacent to an activating group) is 1. The average molecular weight is 586 g/mol. The highest BCUT2D eigenvalue weighted by Gasteiger charge is 2.35. The van der Waals surface area contributed by atoms with Gasteiger partial charge in [0.25, 0.3) is 11.5 Å². The summed E-state index contributed by atoms with van der Waals surface area (Å²) in [5.74, 6) is 0.289. The molecule has 1 atom stereocenters. The maximum absolute atomic E-state index is 14.0. The van der Waals surface area contributed by atoms with Crippen molar-refractivity contribution in [3.63, 3.8) is 0 Å². The number of carboxylic acid groups (broad SMARTS) is 1. The number of allylic oxidation sites excluding steroid dienone is 1. The van der Waals surface area contributed by atoms with E-state index in [-0.39, 0.29) is 17.0 Å². The van der Waals surface area contributed by atoms with E-state index in [0.717, 1.165) is 0 Å². The fourth-order valence-corrected chi connectivity index (χ4v) is 6.33. The van der Waals surface area contributed by atoms with E-state index in [2.05, 4.69) is 0 Å². The van der Waals surface area contributed by atoms with Crippen LogP contribution in [0, 0.1) is 6.92 Å². The number of carboxylic acids is 1. The molecule has 0 radical (unpaired) electrons. The highest BCUT2D eigenvalue weighted by molar-refractivity contribution is 7.07.